The van der Waals surface area contributed by atoms with Crippen molar-refractivity contribution in [3.05, 3.63) is 21.9 Å². The van der Waals surface area contributed by atoms with Crippen LogP contribution in [0.25, 0.3) is 0 Å². The van der Waals surface area contributed by atoms with Crippen LogP contribution in [0, 0.1) is 0 Å². The molecule has 2 heterocycles. The van der Waals surface area contributed by atoms with Crippen LogP contribution in [0.1, 0.15) is 23.4 Å². The molecule has 0 aliphatic heterocycles. The zero-order valence-corrected chi connectivity index (χ0v) is 11.2. The molecule has 0 spiro atoms. The van der Waals surface area contributed by atoms with Crippen LogP contribution in [0.4, 0.5) is 16.8 Å². The molecule has 3 rings (SSSR count). The van der Waals surface area contributed by atoms with Crippen molar-refractivity contribution in [1.29, 1.82) is 0 Å². The van der Waals surface area contributed by atoms with E-state index in [0.29, 0.717) is 10.8 Å². The van der Waals surface area contributed by atoms with E-state index in [-0.39, 0.29) is 5.82 Å². The summed E-state index contributed by atoms with van der Waals surface area (Å²) in [4.78, 5) is 13.8. The lowest BCUT2D eigenvalue weighted by molar-refractivity contribution is 0.683. The first-order valence-corrected chi connectivity index (χ1v) is 6.95. The van der Waals surface area contributed by atoms with Crippen LogP contribution >= 0.6 is 22.9 Å². The smallest absolute Gasteiger partial charge is 0.188 e. The summed E-state index contributed by atoms with van der Waals surface area (Å²) < 4.78 is 0. The number of nitrogens with two attached hydrogens (primary N) is 1. The van der Waals surface area contributed by atoms with E-state index in [2.05, 4.69) is 20.3 Å². The molecule has 2 aromatic heterocycles. The number of anilines is 3. The van der Waals surface area contributed by atoms with E-state index < -0.39 is 0 Å². The third kappa shape index (κ3) is 2.13. The minimum Gasteiger partial charge on any atom is -0.382 e. The SMILES string of the molecule is Nc1ncnc(Nc2nc3c(s2)CCCC3)c1Cl. The van der Waals surface area contributed by atoms with E-state index in [9.17, 15) is 0 Å². The summed E-state index contributed by atoms with van der Waals surface area (Å²) in [6, 6.07) is 0. The molecule has 7 heteroatoms. The summed E-state index contributed by atoms with van der Waals surface area (Å²) in [6.07, 6.45) is 6.03. The molecule has 0 amide bonds. The largest absolute Gasteiger partial charge is 0.382 e. The second-order valence-corrected chi connectivity index (χ2v) is 5.60. The molecule has 1 aliphatic carbocycles. The Morgan fingerprint density at radius 2 is 2.11 bits per heavy atom. The zero-order valence-electron chi connectivity index (χ0n) is 9.61. The molecule has 0 fully saturated rings. The van der Waals surface area contributed by atoms with Gasteiger partial charge in [0.1, 0.15) is 17.2 Å². The number of thiazole rings is 1. The van der Waals surface area contributed by atoms with Crippen molar-refractivity contribution >= 4 is 39.7 Å². The Balaban J connectivity index is 1.88. The summed E-state index contributed by atoms with van der Waals surface area (Å²) in [6.45, 7) is 0. The Bertz CT molecular complexity index is 559. The third-order valence-electron chi connectivity index (χ3n) is 2.89. The van der Waals surface area contributed by atoms with Crippen molar-refractivity contribution in [3.63, 3.8) is 0 Å². The fraction of sp³-hybridized carbons (Fsp3) is 0.364. The van der Waals surface area contributed by atoms with Gasteiger partial charge in [0.15, 0.2) is 10.9 Å². The van der Waals surface area contributed by atoms with Gasteiger partial charge in [-0.2, -0.15) is 0 Å². The number of halogens is 1. The number of aromatic nitrogens is 3. The van der Waals surface area contributed by atoms with Crippen LogP contribution in [0.2, 0.25) is 5.02 Å². The van der Waals surface area contributed by atoms with E-state index in [4.69, 9.17) is 17.3 Å². The topological polar surface area (TPSA) is 76.7 Å². The second kappa shape index (κ2) is 4.70. The first-order valence-electron chi connectivity index (χ1n) is 5.75. The number of nitrogens with one attached hydrogen (secondary N) is 1. The summed E-state index contributed by atoms with van der Waals surface area (Å²) in [5.41, 5.74) is 6.83. The number of nitrogen functional groups attached to an aromatic ring is 1. The van der Waals surface area contributed by atoms with Crippen LogP contribution in [-0.2, 0) is 12.8 Å². The van der Waals surface area contributed by atoms with Crippen molar-refractivity contribution in [1.82, 2.24) is 15.0 Å². The van der Waals surface area contributed by atoms with Crippen LogP contribution in [0.3, 0.4) is 0 Å². The lowest BCUT2D eigenvalue weighted by atomic mass is 10.0. The first-order chi connectivity index (χ1) is 8.74. The second-order valence-electron chi connectivity index (χ2n) is 4.14. The van der Waals surface area contributed by atoms with Crippen molar-refractivity contribution in [3.8, 4) is 0 Å². The van der Waals surface area contributed by atoms with Crippen molar-refractivity contribution < 1.29 is 0 Å². The lowest BCUT2D eigenvalue weighted by Crippen LogP contribution is -2.00. The molecule has 0 bridgehead atoms. The van der Waals surface area contributed by atoms with Gasteiger partial charge in [-0.15, -0.1) is 11.3 Å². The quantitative estimate of drug-likeness (QED) is 0.885. The maximum atomic E-state index is 6.03. The Kier molecular flexibility index (Phi) is 3.05. The number of hydrogen-bond acceptors (Lipinski definition) is 6. The number of fused-ring (bicyclic) bond motifs is 1. The summed E-state index contributed by atoms with van der Waals surface area (Å²) >= 11 is 7.70. The number of rotatable bonds is 2. The van der Waals surface area contributed by atoms with Gasteiger partial charge < -0.3 is 11.1 Å². The van der Waals surface area contributed by atoms with Crippen LogP contribution < -0.4 is 11.1 Å². The predicted octanol–water partition coefficient (Wildman–Crippen LogP) is 2.79. The highest BCUT2D eigenvalue weighted by Gasteiger charge is 2.16. The molecule has 0 aromatic carbocycles. The number of aryl methyl sites for hydroxylation is 2. The van der Waals surface area contributed by atoms with Gasteiger partial charge in [0.05, 0.1) is 5.69 Å². The molecule has 0 unspecified atom stereocenters. The van der Waals surface area contributed by atoms with Crippen LogP contribution in [0.15, 0.2) is 6.33 Å². The molecule has 2 aromatic rings. The van der Waals surface area contributed by atoms with E-state index in [1.54, 1.807) is 11.3 Å². The van der Waals surface area contributed by atoms with Crippen molar-refractivity contribution in [2.45, 2.75) is 25.7 Å². The fourth-order valence-corrected chi connectivity index (χ4v) is 3.17. The standard InChI is InChI=1S/C11H12ClN5S/c12-8-9(13)14-5-15-10(8)17-11-16-6-3-1-2-4-7(6)18-11/h5H,1-4H2,(H3,13,14,15,16,17). The molecule has 94 valence electrons. The summed E-state index contributed by atoms with van der Waals surface area (Å²) in [5.74, 6) is 0.783. The normalized spacial score (nSPS) is 14.3. The first kappa shape index (κ1) is 11.7. The van der Waals surface area contributed by atoms with Gasteiger partial charge in [0.25, 0.3) is 0 Å². The Labute approximate surface area is 113 Å². The highest BCUT2D eigenvalue weighted by atomic mass is 35.5. The molecule has 1 aliphatic rings. The third-order valence-corrected chi connectivity index (χ3v) is 4.33. The highest BCUT2D eigenvalue weighted by molar-refractivity contribution is 7.15. The van der Waals surface area contributed by atoms with E-state index in [0.717, 1.165) is 18.0 Å². The molecule has 18 heavy (non-hydrogen) atoms. The van der Waals surface area contributed by atoms with Gasteiger partial charge in [0.2, 0.25) is 0 Å². The minimum atomic E-state index is 0.274. The fourth-order valence-electron chi connectivity index (χ4n) is 1.98. The molecule has 0 atom stereocenters. The van der Waals surface area contributed by atoms with E-state index in [1.165, 1.54) is 29.7 Å². The van der Waals surface area contributed by atoms with Crippen LogP contribution in [0.5, 0.6) is 0 Å². The predicted molar refractivity (Wildman–Crippen MR) is 73.5 cm³/mol. The molecule has 0 radical (unpaired) electrons. The lowest BCUT2D eigenvalue weighted by Gasteiger charge is -2.06. The van der Waals surface area contributed by atoms with E-state index in [1.807, 2.05) is 0 Å². The summed E-state index contributed by atoms with van der Waals surface area (Å²) in [5, 5.41) is 4.27. The number of hydrogen-bond donors (Lipinski definition) is 2. The number of nitrogens with zero attached hydrogens (tertiary/aromatic N) is 3. The Morgan fingerprint density at radius 3 is 2.94 bits per heavy atom. The van der Waals surface area contributed by atoms with Gasteiger partial charge in [-0.25, -0.2) is 15.0 Å². The summed E-state index contributed by atoms with van der Waals surface area (Å²) in [7, 11) is 0. The van der Waals surface area contributed by atoms with Crippen molar-refractivity contribution in [2.75, 3.05) is 11.1 Å². The molecule has 0 saturated heterocycles. The zero-order chi connectivity index (χ0) is 12.5. The minimum absolute atomic E-state index is 0.274. The maximum absolute atomic E-state index is 6.03. The molecular formula is C11H12ClN5S. The Hall–Kier alpha value is -1.40. The Morgan fingerprint density at radius 1 is 1.28 bits per heavy atom. The average Bonchev–Trinajstić information content (AvgIpc) is 2.77. The van der Waals surface area contributed by atoms with Gasteiger partial charge in [-0.05, 0) is 25.7 Å². The molecule has 5 nitrogen and oxygen atoms in total. The average molecular weight is 282 g/mol. The van der Waals surface area contributed by atoms with Gasteiger partial charge >= 0.3 is 0 Å². The molecule has 0 saturated carbocycles. The molecular weight excluding hydrogens is 270 g/mol. The monoisotopic (exact) mass is 281 g/mol. The van der Waals surface area contributed by atoms with E-state index >= 15 is 0 Å². The highest BCUT2D eigenvalue weighted by Crippen LogP contribution is 2.33. The van der Waals surface area contributed by atoms with Gasteiger partial charge in [0, 0.05) is 4.88 Å². The van der Waals surface area contributed by atoms with Gasteiger partial charge in [-0.3, -0.25) is 0 Å². The maximum Gasteiger partial charge on any atom is 0.188 e. The van der Waals surface area contributed by atoms with Gasteiger partial charge in [-0.1, -0.05) is 11.6 Å². The van der Waals surface area contributed by atoms with Crippen LogP contribution in [-0.4, -0.2) is 15.0 Å². The van der Waals surface area contributed by atoms with Crippen molar-refractivity contribution in [2.24, 2.45) is 0 Å². The molecule has 3 N–H and O–H groups in total.